The predicted octanol–water partition coefficient (Wildman–Crippen LogP) is 1.63. The summed E-state index contributed by atoms with van der Waals surface area (Å²) in [7, 11) is 1.62. The summed E-state index contributed by atoms with van der Waals surface area (Å²) >= 11 is 0. The molecular weight excluding hydrogens is 247 g/mol. The van der Waals surface area contributed by atoms with Crippen molar-refractivity contribution < 1.29 is 9.18 Å². The first kappa shape index (κ1) is 13.1. The van der Waals surface area contributed by atoms with Crippen LogP contribution >= 0.6 is 0 Å². The number of nitrogens with one attached hydrogen (secondary N) is 1. The number of carbonyl (C=O) groups is 1. The summed E-state index contributed by atoms with van der Waals surface area (Å²) in [5, 5.41) is 6.59. The zero-order valence-corrected chi connectivity index (χ0v) is 10.7. The van der Waals surface area contributed by atoms with E-state index in [0.29, 0.717) is 11.3 Å². The molecule has 0 bridgehead atoms. The third kappa shape index (κ3) is 2.57. The Bertz CT molecular complexity index is 589. The molecule has 19 heavy (non-hydrogen) atoms. The highest BCUT2D eigenvalue weighted by Crippen LogP contribution is 2.17. The fourth-order valence-electron chi connectivity index (χ4n) is 1.90. The lowest BCUT2D eigenvalue weighted by atomic mass is 10.1. The zero-order valence-electron chi connectivity index (χ0n) is 10.7. The number of nitrogen functional groups attached to an aromatic ring is 1. The van der Waals surface area contributed by atoms with E-state index >= 15 is 0 Å². The fraction of sp³-hybridized carbons (Fsp3) is 0.231. The van der Waals surface area contributed by atoms with E-state index in [1.165, 1.54) is 16.9 Å². The number of aryl methyl sites for hydroxylation is 1. The number of carbonyl (C=O) groups excluding carboxylic acids is 1. The minimum absolute atomic E-state index is 0.267. The molecule has 2 aromatic rings. The lowest BCUT2D eigenvalue weighted by Crippen LogP contribution is -2.29. The SMILES string of the molecule is CC(NC(=O)c1c(N)cnn1C)c1ccccc1F. The summed E-state index contributed by atoms with van der Waals surface area (Å²) in [6.07, 6.45) is 1.41. The molecule has 5 nitrogen and oxygen atoms in total. The third-order valence-corrected chi connectivity index (χ3v) is 2.90. The number of aromatic nitrogens is 2. The Labute approximate surface area is 110 Å². The van der Waals surface area contributed by atoms with E-state index in [9.17, 15) is 9.18 Å². The molecule has 1 unspecified atom stereocenters. The van der Waals surface area contributed by atoms with E-state index in [4.69, 9.17) is 5.73 Å². The highest BCUT2D eigenvalue weighted by atomic mass is 19.1. The highest BCUT2D eigenvalue weighted by Gasteiger charge is 2.19. The van der Waals surface area contributed by atoms with Gasteiger partial charge in [0.2, 0.25) is 0 Å². The van der Waals surface area contributed by atoms with Crippen molar-refractivity contribution in [2.24, 2.45) is 7.05 Å². The summed E-state index contributed by atoms with van der Waals surface area (Å²) in [6.45, 7) is 1.71. The molecule has 0 saturated carbocycles. The van der Waals surface area contributed by atoms with Crippen molar-refractivity contribution in [3.8, 4) is 0 Å². The van der Waals surface area contributed by atoms with Gasteiger partial charge in [0.25, 0.3) is 5.91 Å². The van der Waals surface area contributed by atoms with Gasteiger partial charge in [0, 0.05) is 12.6 Å². The maximum Gasteiger partial charge on any atom is 0.272 e. The van der Waals surface area contributed by atoms with E-state index < -0.39 is 6.04 Å². The van der Waals surface area contributed by atoms with Crippen LogP contribution in [0.3, 0.4) is 0 Å². The molecule has 0 aliphatic carbocycles. The van der Waals surface area contributed by atoms with Crippen molar-refractivity contribution in [2.45, 2.75) is 13.0 Å². The third-order valence-electron chi connectivity index (χ3n) is 2.90. The molecule has 1 amide bonds. The number of benzene rings is 1. The number of halogens is 1. The smallest absolute Gasteiger partial charge is 0.272 e. The molecular formula is C13H15FN4O. The maximum atomic E-state index is 13.6. The Morgan fingerprint density at radius 1 is 1.47 bits per heavy atom. The van der Waals surface area contributed by atoms with E-state index in [0.717, 1.165) is 0 Å². The minimum atomic E-state index is -0.456. The van der Waals surface area contributed by atoms with Crippen molar-refractivity contribution in [3.63, 3.8) is 0 Å². The molecule has 1 atom stereocenters. The first-order valence-electron chi connectivity index (χ1n) is 5.83. The number of rotatable bonds is 3. The molecule has 0 fully saturated rings. The second-order valence-electron chi connectivity index (χ2n) is 4.29. The van der Waals surface area contributed by atoms with Crippen LogP contribution in [0.25, 0.3) is 0 Å². The monoisotopic (exact) mass is 262 g/mol. The van der Waals surface area contributed by atoms with Gasteiger partial charge < -0.3 is 11.1 Å². The van der Waals surface area contributed by atoms with Crippen molar-refractivity contribution in [1.29, 1.82) is 0 Å². The lowest BCUT2D eigenvalue weighted by molar-refractivity contribution is 0.0931. The molecule has 2 rings (SSSR count). The number of amides is 1. The first-order chi connectivity index (χ1) is 9.00. The second kappa shape index (κ2) is 5.09. The Balaban J connectivity index is 2.18. The number of nitrogens with two attached hydrogens (primary N) is 1. The van der Waals surface area contributed by atoms with Gasteiger partial charge in [0.1, 0.15) is 11.5 Å². The summed E-state index contributed by atoms with van der Waals surface area (Å²) in [6, 6.07) is 5.86. The average Bonchev–Trinajstić information content (AvgIpc) is 2.69. The van der Waals surface area contributed by atoms with Gasteiger partial charge in [-0.3, -0.25) is 9.48 Å². The summed E-state index contributed by atoms with van der Waals surface area (Å²) in [5.41, 5.74) is 6.65. The Morgan fingerprint density at radius 3 is 2.74 bits per heavy atom. The van der Waals surface area contributed by atoms with Gasteiger partial charge in [-0.25, -0.2) is 4.39 Å². The first-order valence-corrected chi connectivity index (χ1v) is 5.83. The lowest BCUT2D eigenvalue weighted by Gasteiger charge is -2.15. The van der Waals surface area contributed by atoms with Crippen LogP contribution < -0.4 is 11.1 Å². The largest absolute Gasteiger partial charge is 0.396 e. The van der Waals surface area contributed by atoms with Crippen LogP contribution in [0.4, 0.5) is 10.1 Å². The van der Waals surface area contributed by atoms with Gasteiger partial charge in [-0.2, -0.15) is 5.10 Å². The van der Waals surface area contributed by atoms with Crippen LogP contribution in [0.5, 0.6) is 0 Å². The van der Waals surface area contributed by atoms with Gasteiger partial charge in [0.05, 0.1) is 17.9 Å². The number of hydrogen-bond acceptors (Lipinski definition) is 3. The second-order valence-corrected chi connectivity index (χ2v) is 4.29. The molecule has 0 saturated heterocycles. The van der Waals surface area contributed by atoms with Crippen LogP contribution in [0.2, 0.25) is 0 Å². The molecule has 0 aliphatic rings. The van der Waals surface area contributed by atoms with E-state index in [1.54, 1.807) is 32.2 Å². The van der Waals surface area contributed by atoms with Crippen LogP contribution in [-0.4, -0.2) is 15.7 Å². The molecule has 1 aromatic heterocycles. The normalized spacial score (nSPS) is 12.2. The summed E-state index contributed by atoms with van der Waals surface area (Å²) < 4.78 is 15.0. The standard InChI is InChI=1S/C13H15FN4O/c1-8(9-5-3-4-6-10(9)14)17-13(19)12-11(15)7-16-18(12)2/h3-8H,15H2,1-2H3,(H,17,19). The number of nitrogens with zero attached hydrogens (tertiary/aromatic N) is 2. The van der Waals surface area contributed by atoms with E-state index in [1.807, 2.05) is 0 Å². The average molecular weight is 262 g/mol. The fourth-order valence-corrected chi connectivity index (χ4v) is 1.90. The number of anilines is 1. The van der Waals surface area contributed by atoms with Gasteiger partial charge >= 0.3 is 0 Å². The van der Waals surface area contributed by atoms with Gasteiger partial charge in [-0.15, -0.1) is 0 Å². The van der Waals surface area contributed by atoms with Crippen molar-refractivity contribution in [1.82, 2.24) is 15.1 Å². The van der Waals surface area contributed by atoms with Gasteiger partial charge in [0.15, 0.2) is 0 Å². The van der Waals surface area contributed by atoms with Gasteiger partial charge in [-0.05, 0) is 13.0 Å². The number of hydrogen-bond donors (Lipinski definition) is 2. The van der Waals surface area contributed by atoms with Gasteiger partial charge in [-0.1, -0.05) is 18.2 Å². The summed E-state index contributed by atoms with van der Waals surface area (Å²) in [4.78, 5) is 12.1. The molecule has 1 heterocycles. The predicted molar refractivity (Wildman–Crippen MR) is 69.9 cm³/mol. The highest BCUT2D eigenvalue weighted by molar-refractivity contribution is 5.97. The Morgan fingerprint density at radius 2 is 2.16 bits per heavy atom. The maximum absolute atomic E-state index is 13.6. The molecule has 3 N–H and O–H groups in total. The van der Waals surface area contributed by atoms with Crippen molar-refractivity contribution >= 4 is 11.6 Å². The summed E-state index contributed by atoms with van der Waals surface area (Å²) in [5.74, 6) is -0.735. The molecule has 100 valence electrons. The molecule has 0 radical (unpaired) electrons. The Kier molecular flexibility index (Phi) is 3.50. The molecule has 0 spiro atoms. The van der Waals surface area contributed by atoms with Crippen LogP contribution in [-0.2, 0) is 7.05 Å². The Hall–Kier alpha value is -2.37. The van der Waals surface area contributed by atoms with Crippen molar-refractivity contribution in [2.75, 3.05) is 5.73 Å². The zero-order chi connectivity index (χ0) is 14.0. The van der Waals surface area contributed by atoms with Crippen LogP contribution in [0.1, 0.15) is 29.0 Å². The van der Waals surface area contributed by atoms with E-state index in [-0.39, 0.29) is 17.4 Å². The topological polar surface area (TPSA) is 72.9 Å². The van der Waals surface area contributed by atoms with Crippen molar-refractivity contribution in [3.05, 3.63) is 47.5 Å². The molecule has 1 aromatic carbocycles. The van der Waals surface area contributed by atoms with Crippen LogP contribution in [0, 0.1) is 5.82 Å². The molecule has 6 heteroatoms. The molecule has 0 aliphatic heterocycles. The minimum Gasteiger partial charge on any atom is -0.396 e. The van der Waals surface area contributed by atoms with Crippen LogP contribution in [0.15, 0.2) is 30.5 Å². The quantitative estimate of drug-likeness (QED) is 0.883. The van der Waals surface area contributed by atoms with E-state index in [2.05, 4.69) is 10.4 Å².